The fourth-order valence-corrected chi connectivity index (χ4v) is 6.00. The van der Waals surface area contributed by atoms with E-state index < -0.39 is 28.6 Å². The van der Waals surface area contributed by atoms with Crippen LogP contribution in [0.4, 0.5) is 22.0 Å². The molecule has 0 amide bonds. The van der Waals surface area contributed by atoms with Crippen LogP contribution in [0.25, 0.3) is 44.3 Å². The van der Waals surface area contributed by atoms with Gasteiger partial charge in [0.1, 0.15) is 0 Å². The zero-order valence-corrected chi connectivity index (χ0v) is 22.1. The van der Waals surface area contributed by atoms with Crippen LogP contribution < -0.4 is 0 Å². The minimum Gasteiger partial charge on any atom is -0.244 e. The van der Waals surface area contributed by atoms with Gasteiger partial charge in [0, 0.05) is 42.0 Å². The molecule has 9 heteroatoms. The highest BCUT2D eigenvalue weighted by atomic mass is 79.9. The van der Waals surface area contributed by atoms with Gasteiger partial charge in [-0.15, -0.1) is 0 Å². The van der Waals surface area contributed by atoms with Gasteiger partial charge in [-0.25, -0.2) is 14.4 Å². The summed E-state index contributed by atoms with van der Waals surface area (Å²) in [6.07, 6.45) is 0. The summed E-state index contributed by atoms with van der Waals surface area (Å²) < 4.78 is 78.1. The van der Waals surface area contributed by atoms with Crippen LogP contribution in [-0.2, 0) is 11.8 Å². The van der Waals surface area contributed by atoms with E-state index in [-0.39, 0.29) is 28.7 Å². The van der Waals surface area contributed by atoms with E-state index in [1.165, 1.54) is 12.1 Å². The van der Waals surface area contributed by atoms with Crippen molar-refractivity contribution in [2.45, 2.75) is 24.4 Å². The minimum absolute atomic E-state index is 0.0198. The number of rotatable bonds is 2. The van der Waals surface area contributed by atoms with E-state index in [0.29, 0.717) is 31.5 Å². The van der Waals surface area contributed by atoms with Crippen LogP contribution in [0.5, 0.6) is 0 Å². The van der Waals surface area contributed by atoms with Gasteiger partial charge >= 0.3 is 11.8 Å². The summed E-state index contributed by atoms with van der Waals surface area (Å²) in [6.45, 7) is 0.242. The van der Waals surface area contributed by atoms with Crippen molar-refractivity contribution in [2.24, 2.45) is 0 Å². The first-order valence-corrected chi connectivity index (χ1v) is 12.8. The molecule has 0 saturated heterocycles. The van der Waals surface area contributed by atoms with Gasteiger partial charge in [-0.3, -0.25) is 0 Å². The third-order valence-corrected chi connectivity index (χ3v) is 8.08. The molecule has 0 N–H and O–H groups in total. The van der Waals surface area contributed by atoms with Crippen molar-refractivity contribution >= 4 is 53.7 Å². The Labute approximate surface area is 224 Å². The monoisotopic (exact) mass is 632 g/mol. The quantitative estimate of drug-likeness (QED) is 0.143. The fraction of sp³-hybridized carbons (Fsp3) is 0.143. The predicted octanol–water partition coefficient (Wildman–Crippen LogP) is 9.57. The number of fused-ring (bicyclic) bond motifs is 6. The molecule has 1 aliphatic carbocycles. The van der Waals surface area contributed by atoms with Crippen molar-refractivity contribution in [1.82, 2.24) is 9.97 Å². The van der Waals surface area contributed by atoms with Crippen molar-refractivity contribution in [3.63, 3.8) is 0 Å². The highest BCUT2D eigenvalue weighted by molar-refractivity contribution is 9.11. The number of aromatic nitrogens is 2. The van der Waals surface area contributed by atoms with Crippen LogP contribution in [0.2, 0.25) is 0 Å². The summed E-state index contributed by atoms with van der Waals surface area (Å²) in [5, 5.41) is -0.567. The summed E-state index contributed by atoms with van der Waals surface area (Å²) in [5.41, 5.74) is -4.15. The normalized spacial score (nSPS) is 17.3. The molecule has 0 atom stereocenters. The maximum atomic E-state index is 15.5. The summed E-state index contributed by atoms with van der Waals surface area (Å²) in [6, 6.07) is 20.6. The minimum atomic E-state index is -4.49. The van der Waals surface area contributed by atoms with Crippen LogP contribution >= 0.6 is 31.9 Å². The SMILES string of the molecule is CC1(F)C(F)(F)c2c(c3cc(Br)c(-c4ccccc4)nc3c3nc(-c4ccccc4)c(Br)cc23)C1(F)F. The van der Waals surface area contributed by atoms with Crippen molar-refractivity contribution in [3.8, 4) is 22.5 Å². The average molecular weight is 634 g/mol. The third-order valence-electron chi connectivity index (χ3n) is 6.87. The molecule has 2 aromatic heterocycles. The molecular formula is C28H15Br2F5N2. The van der Waals surface area contributed by atoms with E-state index in [0.717, 1.165) is 0 Å². The molecular weight excluding hydrogens is 619 g/mol. The van der Waals surface area contributed by atoms with Crippen molar-refractivity contribution in [3.05, 3.63) is 92.9 Å². The number of alkyl halides is 5. The van der Waals surface area contributed by atoms with E-state index in [4.69, 9.17) is 0 Å². The molecule has 37 heavy (non-hydrogen) atoms. The molecule has 0 radical (unpaired) electrons. The summed E-state index contributed by atoms with van der Waals surface area (Å²) in [4.78, 5) is 9.30. The summed E-state index contributed by atoms with van der Waals surface area (Å²) in [7, 11) is 0. The highest BCUT2D eigenvalue weighted by Gasteiger charge is 2.75. The van der Waals surface area contributed by atoms with Gasteiger partial charge in [-0.05, 0) is 50.9 Å². The molecule has 0 spiro atoms. The van der Waals surface area contributed by atoms with Gasteiger partial charge in [-0.1, -0.05) is 60.7 Å². The van der Waals surface area contributed by atoms with Crippen LogP contribution in [0.1, 0.15) is 18.1 Å². The largest absolute Gasteiger partial charge is 0.313 e. The van der Waals surface area contributed by atoms with Crippen LogP contribution in [0, 0.1) is 0 Å². The Kier molecular flexibility index (Phi) is 5.31. The zero-order chi connectivity index (χ0) is 26.3. The lowest BCUT2D eigenvalue weighted by Gasteiger charge is -2.27. The lowest BCUT2D eigenvalue weighted by molar-refractivity contribution is -0.228. The lowest BCUT2D eigenvalue weighted by Crippen LogP contribution is -2.44. The second-order valence-corrected chi connectivity index (χ2v) is 10.8. The Balaban J connectivity index is 1.84. The average Bonchev–Trinajstić information content (AvgIpc) is 2.98. The number of hydrogen-bond donors (Lipinski definition) is 0. The number of nitrogens with zero attached hydrogens (tertiary/aromatic N) is 2. The molecule has 5 aromatic rings. The first kappa shape index (κ1) is 24.4. The molecule has 3 aromatic carbocycles. The first-order chi connectivity index (χ1) is 17.5. The Bertz CT molecular complexity index is 1600. The maximum absolute atomic E-state index is 15.5. The van der Waals surface area contributed by atoms with Crippen LogP contribution in [0.3, 0.4) is 0 Å². The smallest absolute Gasteiger partial charge is 0.244 e. The molecule has 0 aliphatic heterocycles. The van der Waals surface area contributed by atoms with E-state index in [1.807, 2.05) is 12.1 Å². The molecule has 1 aliphatic rings. The second kappa shape index (κ2) is 8.04. The highest BCUT2D eigenvalue weighted by Crippen LogP contribution is 2.65. The number of hydrogen-bond acceptors (Lipinski definition) is 2. The van der Waals surface area contributed by atoms with Gasteiger partial charge < -0.3 is 0 Å². The summed E-state index contributed by atoms with van der Waals surface area (Å²) >= 11 is 6.73. The lowest BCUT2D eigenvalue weighted by atomic mass is 9.95. The van der Waals surface area contributed by atoms with E-state index >= 15 is 22.0 Å². The van der Waals surface area contributed by atoms with Gasteiger partial charge in [0.2, 0.25) is 5.67 Å². The van der Waals surface area contributed by atoms with Gasteiger partial charge in [0.25, 0.3) is 0 Å². The molecule has 6 rings (SSSR count). The van der Waals surface area contributed by atoms with E-state index in [9.17, 15) is 0 Å². The number of pyridine rings is 2. The first-order valence-electron chi connectivity index (χ1n) is 11.2. The molecule has 0 fully saturated rings. The van der Waals surface area contributed by atoms with Gasteiger partial charge in [0.05, 0.1) is 22.4 Å². The van der Waals surface area contributed by atoms with Crippen molar-refractivity contribution < 1.29 is 22.0 Å². The third kappa shape index (κ3) is 3.26. The predicted molar refractivity (Wildman–Crippen MR) is 141 cm³/mol. The second-order valence-electron chi connectivity index (χ2n) is 9.06. The Morgan fingerprint density at radius 2 is 0.946 bits per heavy atom. The summed E-state index contributed by atoms with van der Waals surface area (Å²) in [5.74, 6) is -8.98. The van der Waals surface area contributed by atoms with Crippen LogP contribution in [0.15, 0.2) is 81.7 Å². The van der Waals surface area contributed by atoms with Crippen molar-refractivity contribution in [2.75, 3.05) is 0 Å². The van der Waals surface area contributed by atoms with E-state index in [1.54, 1.807) is 48.5 Å². The standard InChI is InChI=1S/C28H15Br2F5N2/c1-26(31)27(32,33)20-16-12-18(29)22(14-8-4-2-5-9-14)36-24(16)25-17(21(20)28(26,34)35)13-19(30)23(37-25)15-10-6-3-7-11-15/h2-13H,1H3. The number of halogens is 7. The topological polar surface area (TPSA) is 25.8 Å². The molecule has 0 unspecified atom stereocenters. The van der Waals surface area contributed by atoms with Crippen molar-refractivity contribution in [1.29, 1.82) is 0 Å². The Hall–Kier alpha value is -2.91. The fourth-order valence-electron chi connectivity index (χ4n) is 4.91. The maximum Gasteiger partial charge on any atom is 0.313 e. The number of benzene rings is 3. The Morgan fingerprint density at radius 3 is 1.30 bits per heavy atom. The molecule has 0 saturated carbocycles. The zero-order valence-electron chi connectivity index (χ0n) is 19.0. The molecule has 2 heterocycles. The Morgan fingerprint density at radius 1 is 0.595 bits per heavy atom. The van der Waals surface area contributed by atoms with Crippen LogP contribution in [-0.4, -0.2) is 15.6 Å². The van der Waals surface area contributed by atoms with Gasteiger partial charge in [-0.2, -0.15) is 17.6 Å². The molecule has 0 bridgehead atoms. The molecule has 186 valence electrons. The van der Waals surface area contributed by atoms with E-state index in [2.05, 4.69) is 41.8 Å². The van der Waals surface area contributed by atoms with Gasteiger partial charge in [0.15, 0.2) is 0 Å². The molecule has 2 nitrogen and oxygen atoms in total.